The van der Waals surface area contributed by atoms with Crippen molar-refractivity contribution in [1.82, 2.24) is 5.32 Å². The highest BCUT2D eigenvalue weighted by Crippen LogP contribution is 2.36. The lowest BCUT2D eigenvalue weighted by Gasteiger charge is -2.19. The van der Waals surface area contributed by atoms with E-state index in [-0.39, 0.29) is 16.5 Å². The SMILES string of the molecule is CCOc1c(Cl)cc(C(=O)N[C@@H](C(=O)O)C(C)C)cc1OC. The molecule has 22 heavy (non-hydrogen) atoms. The third-order valence-electron chi connectivity index (χ3n) is 3.00. The van der Waals surface area contributed by atoms with Gasteiger partial charge in [0.1, 0.15) is 6.04 Å². The van der Waals surface area contributed by atoms with Crippen LogP contribution in [0.1, 0.15) is 31.1 Å². The number of carboxylic acid groups (broad SMARTS) is 1. The molecule has 0 bridgehead atoms. The minimum Gasteiger partial charge on any atom is -0.493 e. The molecule has 0 aliphatic carbocycles. The van der Waals surface area contributed by atoms with E-state index in [4.69, 9.17) is 26.2 Å². The third-order valence-corrected chi connectivity index (χ3v) is 3.28. The zero-order valence-corrected chi connectivity index (χ0v) is 13.7. The Hall–Kier alpha value is -1.95. The van der Waals surface area contributed by atoms with Crippen LogP contribution in [-0.2, 0) is 4.79 Å². The third kappa shape index (κ3) is 4.27. The second kappa shape index (κ2) is 7.89. The first-order valence-electron chi connectivity index (χ1n) is 6.85. The summed E-state index contributed by atoms with van der Waals surface area (Å²) in [6.07, 6.45) is 0. The molecule has 0 aromatic heterocycles. The van der Waals surface area contributed by atoms with Crippen molar-refractivity contribution in [2.75, 3.05) is 13.7 Å². The molecule has 1 aromatic carbocycles. The Kier molecular flexibility index (Phi) is 6.49. The number of aliphatic carboxylic acids is 1. The Balaban J connectivity index is 3.08. The van der Waals surface area contributed by atoms with Crippen LogP contribution in [0.3, 0.4) is 0 Å². The van der Waals surface area contributed by atoms with E-state index in [0.29, 0.717) is 18.1 Å². The van der Waals surface area contributed by atoms with Crippen molar-refractivity contribution in [2.45, 2.75) is 26.8 Å². The van der Waals surface area contributed by atoms with Gasteiger partial charge in [-0.05, 0) is 25.0 Å². The highest BCUT2D eigenvalue weighted by Gasteiger charge is 2.25. The first kappa shape index (κ1) is 18.1. The van der Waals surface area contributed by atoms with E-state index in [1.54, 1.807) is 20.8 Å². The van der Waals surface area contributed by atoms with Crippen molar-refractivity contribution in [3.8, 4) is 11.5 Å². The van der Waals surface area contributed by atoms with Crippen LogP contribution in [0.4, 0.5) is 0 Å². The lowest BCUT2D eigenvalue weighted by Crippen LogP contribution is -2.44. The van der Waals surface area contributed by atoms with Crippen molar-refractivity contribution >= 4 is 23.5 Å². The lowest BCUT2D eigenvalue weighted by molar-refractivity contribution is -0.140. The zero-order chi connectivity index (χ0) is 16.9. The van der Waals surface area contributed by atoms with Gasteiger partial charge in [-0.2, -0.15) is 0 Å². The van der Waals surface area contributed by atoms with Crippen LogP contribution < -0.4 is 14.8 Å². The van der Waals surface area contributed by atoms with E-state index in [1.807, 2.05) is 0 Å². The molecule has 0 fully saturated rings. The van der Waals surface area contributed by atoms with Gasteiger partial charge < -0.3 is 19.9 Å². The molecule has 1 amide bonds. The molecule has 1 rings (SSSR count). The fourth-order valence-corrected chi connectivity index (χ4v) is 2.14. The first-order valence-corrected chi connectivity index (χ1v) is 7.23. The minimum atomic E-state index is -1.09. The second-order valence-electron chi connectivity index (χ2n) is 4.96. The van der Waals surface area contributed by atoms with E-state index in [9.17, 15) is 9.59 Å². The largest absolute Gasteiger partial charge is 0.493 e. The normalized spacial score (nSPS) is 11.9. The number of hydrogen-bond acceptors (Lipinski definition) is 4. The standard InChI is InChI=1S/C15H20ClNO5/c1-5-22-13-10(16)6-9(7-11(13)21-4)14(18)17-12(8(2)3)15(19)20/h6-8,12H,5H2,1-4H3,(H,17,18)(H,19,20)/t12-/m1/s1. The predicted molar refractivity (Wildman–Crippen MR) is 82.9 cm³/mol. The van der Waals surface area contributed by atoms with Gasteiger partial charge in [0.2, 0.25) is 0 Å². The highest BCUT2D eigenvalue weighted by atomic mass is 35.5. The molecule has 0 aliphatic heterocycles. The van der Waals surface area contributed by atoms with Gasteiger partial charge in [0, 0.05) is 5.56 Å². The molecule has 7 heteroatoms. The maximum atomic E-state index is 12.2. The Bertz CT molecular complexity index is 559. The van der Waals surface area contributed by atoms with Crippen molar-refractivity contribution < 1.29 is 24.2 Å². The number of methoxy groups -OCH3 is 1. The molecule has 1 aromatic rings. The molecule has 2 N–H and O–H groups in total. The van der Waals surface area contributed by atoms with Crippen LogP contribution in [0.25, 0.3) is 0 Å². The van der Waals surface area contributed by atoms with Crippen LogP contribution in [0.5, 0.6) is 11.5 Å². The Morgan fingerprint density at radius 1 is 1.36 bits per heavy atom. The van der Waals surface area contributed by atoms with Crippen LogP contribution in [0, 0.1) is 5.92 Å². The molecule has 6 nitrogen and oxygen atoms in total. The predicted octanol–water partition coefficient (Wildman–Crippen LogP) is 2.59. The van der Waals surface area contributed by atoms with Gasteiger partial charge in [-0.15, -0.1) is 0 Å². The summed E-state index contributed by atoms with van der Waals surface area (Å²) in [5, 5.41) is 11.8. The summed E-state index contributed by atoms with van der Waals surface area (Å²) >= 11 is 6.10. The van der Waals surface area contributed by atoms with Crippen molar-refractivity contribution in [3.63, 3.8) is 0 Å². The lowest BCUT2D eigenvalue weighted by atomic mass is 10.0. The van der Waals surface area contributed by atoms with Gasteiger partial charge in [0.15, 0.2) is 11.5 Å². The van der Waals surface area contributed by atoms with E-state index in [2.05, 4.69) is 5.32 Å². The molecular weight excluding hydrogens is 310 g/mol. The Morgan fingerprint density at radius 2 is 2.00 bits per heavy atom. The van der Waals surface area contributed by atoms with Crippen molar-refractivity contribution in [2.24, 2.45) is 5.92 Å². The van der Waals surface area contributed by atoms with Crippen LogP contribution >= 0.6 is 11.6 Å². The summed E-state index contributed by atoms with van der Waals surface area (Å²) in [4.78, 5) is 23.4. The highest BCUT2D eigenvalue weighted by molar-refractivity contribution is 6.32. The number of carbonyl (C=O) groups excluding carboxylic acids is 1. The minimum absolute atomic E-state index is 0.206. The Morgan fingerprint density at radius 3 is 2.45 bits per heavy atom. The number of halogens is 1. The fraction of sp³-hybridized carbons (Fsp3) is 0.467. The van der Waals surface area contributed by atoms with E-state index >= 15 is 0 Å². The second-order valence-corrected chi connectivity index (χ2v) is 5.36. The van der Waals surface area contributed by atoms with Gasteiger partial charge in [-0.1, -0.05) is 25.4 Å². The van der Waals surface area contributed by atoms with Gasteiger partial charge in [-0.3, -0.25) is 4.79 Å². The van der Waals surface area contributed by atoms with Gasteiger partial charge in [0.05, 0.1) is 18.7 Å². The molecule has 0 saturated heterocycles. The summed E-state index contributed by atoms with van der Waals surface area (Å²) in [6, 6.07) is 1.90. The van der Waals surface area contributed by atoms with Gasteiger partial charge >= 0.3 is 5.97 Å². The van der Waals surface area contributed by atoms with Crippen molar-refractivity contribution in [1.29, 1.82) is 0 Å². The number of rotatable bonds is 7. The fourth-order valence-electron chi connectivity index (χ4n) is 1.87. The summed E-state index contributed by atoms with van der Waals surface area (Å²) in [7, 11) is 1.43. The molecule has 1 atom stereocenters. The molecule has 0 saturated carbocycles. The molecule has 122 valence electrons. The smallest absolute Gasteiger partial charge is 0.326 e. The molecule has 0 spiro atoms. The quantitative estimate of drug-likeness (QED) is 0.803. The van der Waals surface area contributed by atoms with E-state index in [1.165, 1.54) is 19.2 Å². The number of carbonyl (C=O) groups is 2. The Labute approximate surface area is 134 Å². The van der Waals surface area contributed by atoms with Crippen LogP contribution in [0.2, 0.25) is 5.02 Å². The van der Waals surface area contributed by atoms with Gasteiger partial charge in [-0.25, -0.2) is 4.79 Å². The number of ether oxygens (including phenoxy) is 2. The summed E-state index contributed by atoms with van der Waals surface area (Å²) in [5.41, 5.74) is 0.206. The monoisotopic (exact) mass is 329 g/mol. The van der Waals surface area contributed by atoms with Crippen LogP contribution in [-0.4, -0.2) is 36.7 Å². The molecule has 0 heterocycles. The van der Waals surface area contributed by atoms with Gasteiger partial charge in [0.25, 0.3) is 5.91 Å². The van der Waals surface area contributed by atoms with Crippen molar-refractivity contribution in [3.05, 3.63) is 22.7 Å². The molecule has 0 aliphatic rings. The maximum absolute atomic E-state index is 12.2. The summed E-state index contributed by atoms with van der Waals surface area (Å²) < 4.78 is 10.5. The summed E-state index contributed by atoms with van der Waals surface area (Å²) in [5.74, 6) is -1.21. The topological polar surface area (TPSA) is 84.9 Å². The molecule has 0 radical (unpaired) electrons. The number of carboxylic acids is 1. The average Bonchev–Trinajstić information content (AvgIpc) is 2.45. The zero-order valence-electron chi connectivity index (χ0n) is 13.0. The van der Waals surface area contributed by atoms with Crippen LogP contribution in [0.15, 0.2) is 12.1 Å². The number of hydrogen-bond donors (Lipinski definition) is 2. The number of nitrogens with one attached hydrogen (secondary N) is 1. The molecular formula is C15H20ClNO5. The van der Waals surface area contributed by atoms with E-state index in [0.717, 1.165) is 0 Å². The maximum Gasteiger partial charge on any atom is 0.326 e. The first-order chi connectivity index (χ1) is 10.3. The number of amides is 1. The number of benzene rings is 1. The average molecular weight is 330 g/mol. The molecule has 0 unspecified atom stereocenters. The van der Waals surface area contributed by atoms with E-state index < -0.39 is 17.9 Å². The summed E-state index contributed by atoms with van der Waals surface area (Å²) in [6.45, 7) is 5.63.